The van der Waals surface area contributed by atoms with Crippen molar-refractivity contribution in [2.75, 3.05) is 6.61 Å². The van der Waals surface area contributed by atoms with Crippen LogP contribution in [0.2, 0.25) is 0 Å². The number of rotatable bonds is 1. The van der Waals surface area contributed by atoms with E-state index in [1.54, 1.807) is 0 Å². The van der Waals surface area contributed by atoms with E-state index in [-0.39, 0.29) is 18.0 Å². The van der Waals surface area contributed by atoms with Crippen molar-refractivity contribution in [1.29, 1.82) is 0 Å². The maximum atomic E-state index is 13.1. The Hall–Kier alpha value is -0.450. The van der Waals surface area contributed by atoms with Crippen LogP contribution in [0.25, 0.3) is 0 Å². The molecule has 0 aliphatic carbocycles. The summed E-state index contributed by atoms with van der Waals surface area (Å²) in [4.78, 5) is 0. The van der Waals surface area contributed by atoms with Gasteiger partial charge in [0.15, 0.2) is 0 Å². The first-order valence-electron chi connectivity index (χ1n) is 4.91. The summed E-state index contributed by atoms with van der Waals surface area (Å²) in [6, 6.07) is 4.68. The third-order valence-electron chi connectivity index (χ3n) is 2.51. The van der Waals surface area contributed by atoms with Gasteiger partial charge in [0.05, 0.1) is 12.2 Å². The van der Waals surface area contributed by atoms with E-state index in [4.69, 9.17) is 4.74 Å². The molecule has 1 aromatic carbocycles. The van der Waals surface area contributed by atoms with Gasteiger partial charge in [-0.1, -0.05) is 15.9 Å². The fourth-order valence-corrected chi connectivity index (χ4v) is 2.26. The van der Waals surface area contributed by atoms with Crippen LogP contribution in [0.1, 0.15) is 24.5 Å². The van der Waals surface area contributed by atoms with Crippen LogP contribution < -0.4 is 0 Å². The Morgan fingerprint density at radius 2 is 2.20 bits per heavy atom. The molecule has 1 saturated heterocycles. The fourth-order valence-electron chi connectivity index (χ4n) is 1.77. The van der Waals surface area contributed by atoms with Gasteiger partial charge in [-0.2, -0.15) is 0 Å². The minimum atomic E-state index is -0.342. The summed E-state index contributed by atoms with van der Waals surface area (Å²) in [6.45, 7) is 0.528. The van der Waals surface area contributed by atoms with Crippen molar-refractivity contribution in [3.63, 3.8) is 0 Å². The summed E-state index contributed by atoms with van der Waals surface area (Å²) in [5.74, 6) is -0.289. The maximum absolute atomic E-state index is 13.1. The largest absolute Gasteiger partial charge is 0.393 e. The van der Waals surface area contributed by atoms with Crippen LogP contribution in [0.4, 0.5) is 4.39 Å². The summed E-state index contributed by atoms with van der Waals surface area (Å²) < 4.78 is 19.3. The fraction of sp³-hybridized carbons (Fsp3) is 0.455. The van der Waals surface area contributed by atoms with E-state index in [9.17, 15) is 9.50 Å². The molecule has 0 saturated carbocycles. The lowest BCUT2D eigenvalue weighted by Crippen LogP contribution is -2.23. The minimum absolute atomic E-state index is 0.194. The van der Waals surface area contributed by atoms with Crippen molar-refractivity contribution >= 4 is 15.9 Å². The summed E-state index contributed by atoms with van der Waals surface area (Å²) in [7, 11) is 0. The van der Waals surface area contributed by atoms with Gasteiger partial charge in [0.25, 0.3) is 0 Å². The molecule has 0 radical (unpaired) electrons. The van der Waals surface area contributed by atoms with Gasteiger partial charge in [-0.3, -0.25) is 0 Å². The highest BCUT2D eigenvalue weighted by atomic mass is 79.9. The monoisotopic (exact) mass is 274 g/mol. The van der Waals surface area contributed by atoms with Gasteiger partial charge in [0, 0.05) is 17.5 Å². The number of hydrogen-bond acceptors (Lipinski definition) is 2. The molecule has 1 heterocycles. The molecule has 1 fully saturated rings. The Bertz CT molecular complexity index is 336. The Kier molecular flexibility index (Phi) is 3.38. The number of halogens is 2. The van der Waals surface area contributed by atoms with E-state index in [1.807, 2.05) is 6.07 Å². The van der Waals surface area contributed by atoms with Crippen LogP contribution >= 0.6 is 15.9 Å². The molecule has 4 heteroatoms. The lowest BCUT2D eigenvalue weighted by atomic mass is 9.99. The zero-order valence-electron chi connectivity index (χ0n) is 8.12. The zero-order chi connectivity index (χ0) is 10.8. The summed E-state index contributed by atoms with van der Waals surface area (Å²) in [5.41, 5.74) is 0.778. The van der Waals surface area contributed by atoms with Crippen molar-refractivity contribution in [2.24, 2.45) is 0 Å². The van der Waals surface area contributed by atoms with Gasteiger partial charge >= 0.3 is 0 Å². The van der Waals surface area contributed by atoms with Crippen molar-refractivity contribution in [1.82, 2.24) is 0 Å². The van der Waals surface area contributed by atoms with E-state index in [2.05, 4.69) is 15.9 Å². The molecule has 0 spiro atoms. The van der Waals surface area contributed by atoms with Crippen LogP contribution in [0.5, 0.6) is 0 Å². The van der Waals surface area contributed by atoms with Gasteiger partial charge in [-0.05, 0) is 30.2 Å². The molecule has 1 aliphatic heterocycles. The lowest BCUT2D eigenvalue weighted by Gasteiger charge is -2.26. The normalized spacial score (nSPS) is 26.6. The molecule has 0 bridgehead atoms. The molecule has 0 aromatic heterocycles. The number of benzene rings is 1. The van der Waals surface area contributed by atoms with Crippen molar-refractivity contribution in [3.05, 3.63) is 34.1 Å². The smallest absolute Gasteiger partial charge is 0.124 e. The SMILES string of the molecule is OC1CCOC(c2cc(F)cc(Br)c2)C1. The second-order valence-electron chi connectivity index (χ2n) is 3.74. The third-order valence-corrected chi connectivity index (χ3v) is 2.97. The predicted molar refractivity (Wildman–Crippen MR) is 58.0 cm³/mol. The second kappa shape index (κ2) is 4.60. The molecule has 15 heavy (non-hydrogen) atoms. The Labute approximate surface area is 96.2 Å². The highest BCUT2D eigenvalue weighted by molar-refractivity contribution is 9.10. The van der Waals surface area contributed by atoms with Crippen LogP contribution in [0.3, 0.4) is 0 Å². The number of ether oxygens (including phenoxy) is 1. The van der Waals surface area contributed by atoms with E-state index >= 15 is 0 Å². The topological polar surface area (TPSA) is 29.5 Å². The molecule has 0 amide bonds. The third kappa shape index (κ3) is 2.77. The molecular formula is C11H12BrFO2. The number of hydrogen-bond donors (Lipinski definition) is 1. The van der Waals surface area contributed by atoms with Crippen LogP contribution in [0.15, 0.2) is 22.7 Å². The van der Waals surface area contributed by atoms with E-state index in [0.29, 0.717) is 23.9 Å². The van der Waals surface area contributed by atoms with Crippen LogP contribution in [0, 0.1) is 5.82 Å². The molecule has 82 valence electrons. The second-order valence-corrected chi connectivity index (χ2v) is 4.66. The van der Waals surface area contributed by atoms with Gasteiger partial charge in [0.2, 0.25) is 0 Å². The minimum Gasteiger partial charge on any atom is -0.393 e. The molecule has 2 unspecified atom stereocenters. The number of aliphatic hydroxyl groups excluding tert-OH is 1. The average molecular weight is 275 g/mol. The van der Waals surface area contributed by atoms with E-state index in [0.717, 1.165) is 5.56 Å². The lowest BCUT2D eigenvalue weighted by molar-refractivity contribution is -0.0449. The Morgan fingerprint density at radius 3 is 2.87 bits per heavy atom. The standard InChI is InChI=1S/C11H12BrFO2/c12-8-3-7(4-9(13)5-8)11-6-10(14)1-2-15-11/h3-5,10-11,14H,1-2,6H2. The molecule has 1 aliphatic rings. The predicted octanol–water partition coefficient (Wildman–Crippen LogP) is 2.80. The van der Waals surface area contributed by atoms with Gasteiger partial charge in [-0.15, -0.1) is 0 Å². The zero-order valence-corrected chi connectivity index (χ0v) is 9.71. The Balaban J connectivity index is 2.20. The van der Waals surface area contributed by atoms with Crippen LogP contribution in [-0.2, 0) is 4.74 Å². The van der Waals surface area contributed by atoms with Gasteiger partial charge < -0.3 is 9.84 Å². The molecule has 2 atom stereocenters. The van der Waals surface area contributed by atoms with Crippen molar-refractivity contribution in [3.8, 4) is 0 Å². The summed E-state index contributed by atoms with van der Waals surface area (Å²) in [6.07, 6.45) is 0.662. The van der Waals surface area contributed by atoms with Gasteiger partial charge in [0.1, 0.15) is 5.82 Å². The molecular weight excluding hydrogens is 263 g/mol. The van der Waals surface area contributed by atoms with Gasteiger partial charge in [-0.25, -0.2) is 4.39 Å². The summed E-state index contributed by atoms with van der Waals surface area (Å²) >= 11 is 3.24. The van der Waals surface area contributed by atoms with Crippen LogP contribution in [-0.4, -0.2) is 17.8 Å². The van der Waals surface area contributed by atoms with E-state index < -0.39 is 0 Å². The maximum Gasteiger partial charge on any atom is 0.124 e. The first-order chi connectivity index (χ1) is 7.15. The molecule has 1 aromatic rings. The van der Waals surface area contributed by atoms with Crippen molar-refractivity contribution < 1.29 is 14.2 Å². The first kappa shape index (κ1) is 11.0. The molecule has 2 nitrogen and oxygen atoms in total. The molecule has 1 N–H and O–H groups in total. The quantitative estimate of drug-likeness (QED) is 0.854. The first-order valence-corrected chi connectivity index (χ1v) is 5.70. The highest BCUT2D eigenvalue weighted by Gasteiger charge is 2.22. The number of aliphatic hydroxyl groups is 1. The van der Waals surface area contributed by atoms with Crippen molar-refractivity contribution in [2.45, 2.75) is 25.0 Å². The highest BCUT2D eigenvalue weighted by Crippen LogP contribution is 2.30. The van der Waals surface area contributed by atoms with E-state index in [1.165, 1.54) is 12.1 Å². The summed E-state index contributed by atoms with van der Waals surface area (Å²) in [5, 5.41) is 9.49. The average Bonchev–Trinajstić information content (AvgIpc) is 2.16. The Morgan fingerprint density at radius 1 is 1.40 bits per heavy atom. The molecule has 2 rings (SSSR count).